The first-order chi connectivity index (χ1) is 7.83. The number of likely N-dealkylation sites (tertiary alicyclic amines) is 1. The van der Waals surface area contributed by atoms with Gasteiger partial charge in [-0.3, -0.25) is 0 Å². The maximum atomic E-state index is 3.68. The second-order valence-electron chi connectivity index (χ2n) is 5.68. The van der Waals surface area contributed by atoms with E-state index in [0.717, 1.165) is 18.0 Å². The van der Waals surface area contributed by atoms with Crippen LogP contribution in [0, 0.1) is 5.92 Å². The summed E-state index contributed by atoms with van der Waals surface area (Å²) in [6.07, 6.45) is 8.31. The summed E-state index contributed by atoms with van der Waals surface area (Å²) in [5.41, 5.74) is 0. The fourth-order valence-corrected chi connectivity index (χ4v) is 2.96. The lowest BCUT2D eigenvalue weighted by Gasteiger charge is -2.26. The van der Waals surface area contributed by atoms with Crippen LogP contribution in [0.1, 0.15) is 52.4 Å². The van der Waals surface area contributed by atoms with E-state index >= 15 is 0 Å². The molecule has 2 aliphatic rings. The summed E-state index contributed by atoms with van der Waals surface area (Å²) in [6.45, 7) is 8.61. The Hall–Kier alpha value is -0.0800. The van der Waals surface area contributed by atoms with Crippen molar-refractivity contribution in [2.24, 2.45) is 5.92 Å². The SMILES string of the molecule is CCCC(CC)N1CCC(CNC2CC2)C1. The van der Waals surface area contributed by atoms with Gasteiger partial charge in [-0.1, -0.05) is 20.3 Å². The van der Waals surface area contributed by atoms with Crippen LogP contribution in [0.15, 0.2) is 0 Å². The third-order valence-electron chi connectivity index (χ3n) is 4.20. The average Bonchev–Trinajstić information content (AvgIpc) is 3.02. The van der Waals surface area contributed by atoms with Gasteiger partial charge in [0.05, 0.1) is 0 Å². The van der Waals surface area contributed by atoms with Gasteiger partial charge < -0.3 is 10.2 Å². The molecule has 1 heterocycles. The van der Waals surface area contributed by atoms with Crippen LogP contribution in [-0.2, 0) is 0 Å². The van der Waals surface area contributed by atoms with E-state index in [4.69, 9.17) is 0 Å². The first-order valence-electron chi connectivity index (χ1n) is 7.30. The Morgan fingerprint density at radius 1 is 1.25 bits per heavy atom. The predicted molar refractivity (Wildman–Crippen MR) is 69.7 cm³/mol. The molecule has 0 amide bonds. The molecular weight excluding hydrogens is 196 g/mol. The van der Waals surface area contributed by atoms with E-state index in [9.17, 15) is 0 Å². The lowest BCUT2D eigenvalue weighted by molar-refractivity contribution is 0.214. The van der Waals surface area contributed by atoms with Gasteiger partial charge in [0.15, 0.2) is 0 Å². The minimum Gasteiger partial charge on any atom is -0.314 e. The smallest absolute Gasteiger partial charge is 0.00926 e. The summed E-state index contributed by atoms with van der Waals surface area (Å²) >= 11 is 0. The van der Waals surface area contributed by atoms with Crippen LogP contribution >= 0.6 is 0 Å². The standard InChI is InChI=1S/C14H28N2/c1-3-5-14(4-2)16-9-8-12(11-16)10-15-13-6-7-13/h12-15H,3-11H2,1-2H3. The highest BCUT2D eigenvalue weighted by molar-refractivity contribution is 4.86. The van der Waals surface area contributed by atoms with Crippen molar-refractivity contribution in [3.8, 4) is 0 Å². The normalized spacial score (nSPS) is 28.5. The molecule has 1 saturated carbocycles. The third-order valence-corrected chi connectivity index (χ3v) is 4.20. The van der Waals surface area contributed by atoms with E-state index in [1.165, 1.54) is 58.2 Å². The highest BCUT2D eigenvalue weighted by atomic mass is 15.2. The first kappa shape index (κ1) is 12.4. The second kappa shape index (κ2) is 6.02. The van der Waals surface area contributed by atoms with Crippen molar-refractivity contribution in [3.63, 3.8) is 0 Å². The van der Waals surface area contributed by atoms with Gasteiger partial charge in [0.1, 0.15) is 0 Å². The lowest BCUT2D eigenvalue weighted by atomic mass is 10.1. The van der Waals surface area contributed by atoms with E-state index in [1.807, 2.05) is 0 Å². The molecule has 2 atom stereocenters. The molecule has 1 aliphatic carbocycles. The van der Waals surface area contributed by atoms with Gasteiger partial charge in [-0.25, -0.2) is 0 Å². The topological polar surface area (TPSA) is 15.3 Å². The highest BCUT2D eigenvalue weighted by Gasteiger charge is 2.28. The number of nitrogens with one attached hydrogen (secondary N) is 1. The average molecular weight is 224 g/mol. The molecule has 1 aliphatic heterocycles. The van der Waals surface area contributed by atoms with Crippen LogP contribution in [0.5, 0.6) is 0 Å². The molecule has 0 aromatic carbocycles. The van der Waals surface area contributed by atoms with Crippen molar-refractivity contribution < 1.29 is 0 Å². The van der Waals surface area contributed by atoms with Gasteiger partial charge in [-0.2, -0.15) is 0 Å². The highest BCUT2D eigenvalue weighted by Crippen LogP contribution is 2.24. The molecule has 2 rings (SSSR count). The van der Waals surface area contributed by atoms with Gasteiger partial charge in [0, 0.05) is 18.6 Å². The zero-order chi connectivity index (χ0) is 11.4. The molecule has 0 radical (unpaired) electrons. The number of hydrogen-bond donors (Lipinski definition) is 1. The zero-order valence-electron chi connectivity index (χ0n) is 11.0. The minimum absolute atomic E-state index is 0.857. The van der Waals surface area contributed by atoms with E-state index in [1.54, 1.807) is 0 Å². The summed E-state index contributed by atoms with van der Waals surface area (Å²) < 4.78 is 0. The molecular formula is C14H28N2. The predicted octanol–water partition coefficient (Wildman–Crippen LogP) is 2.64. The molecule has 2 heteroatoms. The van der Waals surface area contributed by atoms with Crippen molar-refractivity contribution in [1.29, 1.82) is 0 Å². The number of hydrogen-bond acceptors (Lipinski definition) is 2. The molecule has 0 aromatic heterocycles. The van der Waals surface area contributed by atoms with E-state index in [0.29, 0.717) is 0 Å². The zero-order valence-corrected chi connectivity index (χ0v) is 11.0. The Balaban J connectivity index is 1.68. The largest absolute Gasteiger partial charge is 0.314 e. The van der Waals surface area contributed by atoms with Gasteiger partial charge in [-0.15, -0.1) is 0 Å². The van der Waals surface area contributed by atoms with Gasteiger partial charge >= 0.3 is 0 Å². The molecule has 2 unspecified atom stereocenters. The molecule has 16 heavy (non-hydrogen) atoms. The fraction of sp³-hybridized carbons (Fsp3) is 1.00. The van der Waals surface area contributed by atoms with Gasteiger partial charge in [-0.05, 0) is 51.1 Å². The van der Waals surface area contributed by atoms with Crippen LogP contribution in [0.4, 0.5) is 0 Å². The van der Waals surface area contributed by atoms with Crippen molar-refractivity contribution in [1.82, 2.24) is 10.2 Å². The lowest BCUT2D eigenvalue weighted by Crippen LogP contribution is -2.34. The van der Waals surface area contributed by atoms with E-state index < -0.39 is 0 Å². The van der Waals surface area contributed by atoms with Gasteiger partial charge in [0.25, 0.3) is 0 Å². The van der Waals surface area contributed by atoms with Crippen molar-refractivity contribution in [2.75, 3.05) is 19.6 Å². The van der Waals surface area contributed by atoms with Crippen molar-refractivity contribution in [3.05, 3.63) is 0 Å². The van der Waals surface area contributed by atoms with Crippen LogP contribution in [0.2, 0.25) is 0 Å². The summed E-state index contributed by atoms with van der Waals surface area (Å²) in [6, 6.07) is 1.74. The Morgan fingerprint density at radius 2 is 2.06 bits per heavy atom. The minimum atomic E-state index is 0.857. The van der Waals surface area contributed by atoms with Crippen molar-refractivity contribution >= 4 is 0 Å². The molecule has 0 aromatic rings. The molecule has 1 saturated heterocycles. The molecule has 0 spiro atoms. The van der Waals surface area contributed by atoms with E-state index in [2.05, 4.69) is 24.1 Å². The van der Waals surface area contributed by atoms with Gasteiger partial charge in [0.2, 0.25) is 0 Å². The quantitative estimate of drug-likeness (QED) is 0.715. The molecule has 1 N–H and O–H groups in total. The van der Waals surface area contributed by atoms with Crippen LogP contribution in [0.25, 0.3) is 0 Å². The number of nitrogens with zero attached hydrogens (tertiary/aromatic N) is 1. The van der Waals surface area contributed by atoms with Crippen LogP contribution in [0.3, 0.4) is 0 Å². The Labute approximate surface area is 101 Å². The summed E-state index contributed by atoms with van der Waals surface area (Å²) in [5.74, 6) is 0.923. The van der Waals surface area contributed by atoms with E-state index in [-0.39, 0.29) is 0 Å². The van der Waals surface area contributed by atoms with Crippen LogP contribution < -0.4 is 5.32 Å². The summed E-state index contributed by atoms with van der Waals surface area (Å²) in [4.78, 5) is 2.74. The third kappa shape index (κ3) is 3.46. The maximum Gasteiger partial charge on any atom is 0.00926 e. The number of rotatable bonds is 7. The Morgan fingerprint density at radius 3 is 2.69 bits per heavy atom. The fourth-order valence-electron chi connectivity index (χ4n) is 2.96. The maximum absolute atomic E-state index is 3.68. The first-order valence-corrected chi connectivity index (χ1v) is 7.30. The van der Waals surface area contributed by atoms with Crippen molar-refractivity contribution in [2.45, 2.75) is 64.5 Å². The summed E-state index contributed by atoms with van der Waals surface area (Å²) in [7, 11) is 0. The van der Waals surface area contributed by atoms with Crippen LogP contribution in [-0.4, -0.2) is 36.6 Å². The molecule has 2 fully saturated rings. The Bertz CT molecular complexity index is 201. The second-order valence-corrected chi connectivity index (χ2v) is 5.68. The monoisotopic (exact) mass is 224 g/mol. The molecule has 94 valence electrons. The Kier molecular flexibility index (Phi) is 4.66. The molecule has 2 nitrogen and oxygen atoms in total. The summed E-state index contributed by atoms with van der Waals surface area (Å²) in [5, 5.41) is 3.68. The molecule has 0 bridgehead atoms.